The predicted octanol–water partition coefficient (Wildman–Crippen LogP) is 4.19. The highest BCUT2D eigenvalue weighted by Gasteiger charge is 2.17. The Morgan fingerprint density at radius 2 is 1.23 bits per heavy atom. The number of hydrogen-bond donors (Lipinski definition) is 0. The van der Waals surface area contributed by atoms with Gasteiger partial charge in [-0.15, -0.1) is 0 Å². The molecule has 0 amide bonds. The summed E-state index contributed by atoms with van der Waals surface area (Å²) in [6.07, 6.45) is 9.78. The smallest absolute Gasteiger partial charge is 0.0295 e. The highest BCUT2D eigenvalue weighted by molar-refractivity contribution is 4.77. The summed E-state index contributed by atoms with van der Waals surface area (Å²) in [4.78, 5) is 0. The maximum atomic E-state index is 8.08. The lowest BCUT2D eigenvalue weighted by molar-refractivity contribution is 0.356. The van der Waals surface area contributed by atoms with E-state index in [9.17, 15) is 0 Å². The quantitative estimate of drug-likeness (QED) is 0.505. The number of rotatable bonds is 8. The molecule has 1 N–H and O–H groups in total. The van der Waals surface area contributed by atoms with E-state index in [1.807, 2.05) is 0 Å². The van der Waals surface area contributed by atoms with Gasteiger partial charge in [-0.25, -0.2) is 0 Å². The molecule has 0 bridgehead atoms. The molecule has 0 fully saturated rings. The zero-order chi connectivity index (χ0) is 10.2. The fourth-order valence-corrected chi connectivity index (χ4v) is 1.66. The summed E-state index contributed by atoms with van der Waals surface area (Å²) >= 11 is 0. The number of nitrogens with one attached hydrogen (secondary N) is 1. The summed E-state index contributed by atoms with van der Waals surface area (Å²) in [6, 6.07) is 0. The third-order valence-corrected chi connectivity index (χ3v) is 2.66. The van der Waals surface area contributed by atoms with E-state index >= 15 is 0 Å². The third kappa shape index (κ3) is 8.29. The standard InChI is InChI=1S/C12H26N/c1-4-6-8-10-12(3,13)11-9-7-5-2/h13H,4-11H2,1-3H3. The Labute approximate surface area is 84.1 Å². The third-order valence-electron chi connectivity index (χ3n) is 2.66. The van der Waals surface area contributed by atoms with Crippen LogP contribution in [0.4, 0.5) is 0 Å². The molecule has 0 atom stereocenters. The zero-order valence-corrected chi connectivity index (χ0v) is 9.66. The van der Waals surface area contributed by atoms with E-state index in [0.29, 0.717) is 0 Å². The van der Waals surface area contributed by atoms with E-state index in [-0.39, 0.29) is 5.54 Å². The van der Waals surface area contributed by atoms with Crippen LogP contribution in [0, 0.1) is 0 Å². The van der Waals surface area contributed by atoms with E-state index in [1.54, 1.807) is 0 Å². The SMILES string of the molecule is CCCCCC(C)([NH])CCCCC. The molecule has 0 saturated heterocycles. The Kier molecular flexibility index (Phi) is 7.35. The first kappa shape index (κ1) is 13.0. The van der Waals surface area contributed by atoms with Crippen molar-refractivity contribution >= 4 is 0 Å². The highest BCUT2D eigenvalue weighted by Crippen LogP contribution is 2.20. The summed E-state index contributed by atoms with van der Waals surface area (Å²) in [6.45, 7) is 6.54. The van der Waals surface area contributed by atoms with Crippen LogP contribution in [0.15, 0.2) is 0 Å². The molecule has 1 nitrogen and oxygen atoms in total. The van der Waals surface area contributed by atoms with Crippen molar-refractivity contribution in [3.05, 3.63) is 0 Å². The van der Waals surface area contributed by atoms with Crippen LogP contribution >= 0.6 is 0 Å². The zero-order valence-electron chi connectivity index (χ0n) is 9.66. The van der Waals surface area contributed by atoms with Crippen LogP contribution in [0.2, 0.25) is 0 Å². The molecule has 0 heterocycles. The van der Waals surface area contributed by atoms with Crippen LogP contribution < -0.4 is 5.73 Å². The van der Waals surface area contributed by atoms with Gasteiger partial charge in [-0.05, 0) is 19.8 Å². The Bertz CT molecular complexity index is 95.7. The summed E-state index contributed by atoms with van der Waals surface area (Å²) in [5, 5.41) is 0. The second kappa shape index (κ2) is 7.37. The summed E-state index contributed by atoms with van der Waals surface area (Å²) in [5.74, 6) is 0. The first-order chi connectivity index (χ1) is 6.12. The normalized spacial score (nSPS) is 12.0. The molecule has 0 aliphatic rings. The fraction of sp³-hybridized carbons (Fsp3) is 1.00. The second-order valence-electron chi connectivity index (χ2n) is 4.47. The minimum Gasteiger partial charge on any atom is -0.251 e. The lowest BCUT2D eigenvalue weighted by Gasteiger charge is -2.23. The molecule has 0 aliphatic carbocycles. The monoisotopic (exact) mass is 184 g/mol. The highest BCUT2D eigenvalue weighted by atomic mass is 14.7. The van der Waals surface area contributed by atoms with Crippen molar-refractivity contribution in [1.29, 1.82) is 0 Å². The number of hydrogen-bond acceptors (Lipinski definition) is 0. The van der Waals surface area contributed by atoms with Crippen molar-refractivity contribution < 1.29 is 0 Å². The maximum Gasteiger partial charge on any atom is 0.0295 e. The van der Waals surface area contributed by atoms with Crippen molar-refractivity contribution in [2.75, 3.05) is 0 Å². The predicted molar refractivity (Wildman–Crippen MR) is 59.8 cm³/mol. The number of unbranched alkanes of at least 4 members (excludes halogenated alkanes) is 4. The van der Waals surface area contributed by atoms with Crippen LogP contribution in [-0.4, -0.2) is 5.54 Å². The van der Waals surface area contributed by atoms with E-state index in [4.69, 9.17) is 5.73 Å². The van der Waals surface area contributed by atoms with Gasteiger partial charge in [-0.3, -0.25) is 5.73 Å². The van der Waals surface area contributed by atoms with Gasteiger partial charge in [0, 0.05) is 5.54 Å². The average molecular weight is 184 g/mol. The lowest BCUT2D eigenvalue weighted by Crippen LogP contribution is -2.25. The van der Waals surface area contributed by atoms with Gasteiger partial charge in [0.2, 0.25) is 0 Å². The molecule has 0 spiro atoms. The Balaban J connectivity index is 3.42. The van der Waals surface area contributed by atoms with Crippen LogP contribution in [-0.2, 0) is 0 Å². The van der Waals surface area contributed by atoms with Gasteiger partial charge < -0.3 is 0 Å². The molecule has 13 heavy (non-hydrogen) atoms. The minimum absolute atomic E-state index is 0.148. The molecule has 79 valence electrons. The second-order valence-corrected chi connectivity index (χ2v) is 4.47. The molecular weight excluding hydrogens is 158 g/mol. The minimum atomic E-state index is -0.148. The van der Waals surface area contributed by atoms with E-state index in [0.717, 1.165) is 12.8 Å². The molecule has 0 aromatic carbocycles. The lowest BCUT2D eigenvalue weighted by atomic mass is 9.90. The molecule has 0 rings (SSSR count). The van der Waals surface area contributed by atoms with Gasteiger partial charge in [0.15, 0.2) is 0 Å². The van der Waals surface area contributed by atoms with Gasteiger partial charge in [0.1, 0.15) is 0 Å². The Morgan fingerprint density at radius 1 is 0.846 bits per heavy atom. The van der Waals surface area contributed by atoms with Crippen molar-refractivity contribution in [3.63, 3.8) is 0 Å². The van der Waals surface area contributed by atoms with Crippen LogP contribution in [0.3, 0.4) is 0 Å². The summed E-state index contributed by atoms with van der Waals surface area (Å²) in [7, 11) is 0. The van der Waals surface area contributed by atoms with Crippen molar-refractivity contribution in [3.8, 4) is 0 Å². The Morgan fingerprint density at radius 3 is 1.54 bits per heavy atom. The van der Waals surface area contributed by atoms with Gasteiger partial charge in [-0.1, -0.05) is 52.4 Å². The molecular formula is C12H26N. The molecule has 0 saturated carbocycles. The van der Waals surface area contributed by atoms with Crippen LogP contribution in [0.25, 0.3) is 0 Å². The molecule has 0 unspecified atom stereocenters. The average Bonchev–Trinajstić information content (AvgIpc) is 2.05. The van der Waals surface area contributed by atoms with Gasteiger partial charge >= 0.3 is 0 Å². The first-order valence-corrected chi connectivity index (χ1v) is 5.87. The first-order valence-electron chi connectivity index (χ1n) is 5.87. The molecule has 0 aromatic rings. The van der Waals surface area contributed by atoms with E-state index in [1.165, 1.54) is 38.5 Å². The van der Waals surface area contributed by atoms with Crippen molar-refractivity contribution in [2.45, 2.75) is 77.7 Å². The van der Waals surface area contributed by atoms with Gasteiger partial charge in [0.05, 0.1) is 0 Å². The van der Waals surface area contributed by atoms with E-state index < -0.39 is 0 Å². The van der Waals surface area contributed by atoms with Gasteiger partial charge in [0.25, 0.3) is 0 Å². The van der Waals surface area contributed by atoms with Crippen molar-refractivity contribution in [1.82, 2.24) is 5.73 Å². The molecule has 1 radical (unpaired) electrons. The fourth-order valence-electron chi connectivity index (χ4n) is 1.66. The molecule has 1 heteroatoms. The topological polar surface area (TPSA) is 23.8 Å². The van der Waals surface area contributed by atoms with E-state index in [2.05, 4.69) is 20.8 Å². The maximum absolute atomic E-state index is 8.08. The van der Waals surface area contributed by atoms with Gasteiger partial charge in [-0.2, -0.15) is 0 Å². The van der Waals surface area contributed by atoms with Crippen LogP contribution in [0.5, 0.6) is 0 Å². The summed E-state index contributed by atoms with van der Waals surface area (Å²) < 4.78 is 0. The summed E-state index contributed by atoms with van der Waals surface area (Å²) in [5.41, 5.74) is 7.93. The largest absolute Gasteiger partial charge is 0.251 e. The Hall–Kier alpha value is -0.0400. The van der Waals surface area contributed by atoms with Crippen molar-refractivity contribution in [2.24, 2.45) is 0 Å². The molecule has 0 aromatic heterocycles. The molecule has 0 aliphatic heterocycles. The van der Waals surface area contributed by atoms with Crippen LogP contribution in [0.1, 0.15) is 72.1 Å².